The Kier molecular flexibility index (Phi) is 6.65. The van der Waals surface area contributed by atoms with E-state index in [1.54, 1.807) is 13.8 Å². The van der Waals surface area contributed by atoms with Gasteiger partial charge in [0.1, 0.15) is 18.1 Å². The van der Waals surface area contributed by atoms with Crippen LogP contribution in [0.15, 0.2) is 36.9 Å². The summed E-state index contributed by atoms with van der Waals surface area (Å²) in [5.74, 6) is -2.70. The van der Waals surface area contributed by atoms with Crippen molar-refractivity contribution in [2.24, 2.45) is 0 Å². The van der Waals surface area contributed by atoms with Crippen molar-refractivity contribution >= 4 is 5.91 Å². The first-order valence-electron chi connectivity index (χ1n) is 9.30. The third-order valence-electron chi connectivity index (χ3n) is 4.42. The number of carbonyl (C=O) groups is 1. The summed E-state index contributed by atoms with van der Waals surface area (Å²) in [7, 11) is 0. The Morgan fingerprint density at radius 1 is 1.16 bits per heavy atom. The standard InChI is InChI=1S/C19H17F5N6O2/c1-3-29(11(2)10-32-18-25-8-12(9-26-18)19(22,23)24)17(31)14-6-13(20)7-15(21)16(14)30-27-4-5-28-30/h4-9,11H,3,10H2,1-2H3/t11-/m0/s1. The minimum absolute atomic E-state index is 0.140. The molecule has 2 aromatic heterocycles. The van der Waals surface area contributed by atoms with Crippen LogP contribution in [-0.4, -0.2) is 55.0 Å². The van der Waals surface area contributed by atoms with Crippen LogP contribution in [-0.2, 0) is 6.18 Å². The summed E-state index contributed by atoms with van der Waals surface area (Å²) in [6, 6.07) is 0.522. The van der Waals surface area contributed by atoms with E-state index >= 15 is 0 Å². The van der Waals surface area contributed by atoms with E-state index in [1.165, 1.54) is 17.3 Å². The largest absolute Gasteiger partial charge is 0.461 e. The molecule has 3 rings (SSSR count). The van der Waals surface area contributed by atoms with E-state index in [4.69, 9.17) is 4.74 Å². The third-order valence-corrected chi connectivity index (χ3v) is 4.42. The SMILES string of the molecule is CCN(C(=O)c1cc(F)cc(F)c1-n1nccn1)[C@@H](C)COc1ncc(C(F)(F)F)cn1. The molecule has 0 aliphatic heterocycles. The van der Waals surface area contributed by atoms with Crippen molar-refractivity contribution in [3.8, 4) is 11.7 Å². The van der Waals surface area contributed by atoms with E-state index < -0.39 is 35.3 Å². The Bertz CT molecular complexity index is 1070. The molecular formula is C19H17F5N6O2. The summed E-state index contributed by atoms with van der Waals surface area (Å²) in [5.41, 5.74) is -1.66. The van der Waals surface area contributed by atoms with Gasteiger partial charge >= 0.3 is 12.2 Å². The van der Waals surface area contributed by atoms with Crippen LogP contribution in [0.25, 0.3) is 5.69 Å². The second-order valence-corrected chi connectivity index (χ2v) is 6.61. The van der Waals surface area contributed by atoms with Crippen LogP contribution in [0, 0.1) is 11.6 Å². The van der Waals surface area contributed by atoms with E-state index in [-0.39, 0.29) is 30.4 Å². The van der Waals surface area contributed by atoms with Gasteiger partial charge < -0.3 is 9.64 Å². The Balaban J connectivity index is 1.79. The number of benzene rings is 1. The second kappa shape index (κ2) is 9.24. The molecule has 1 atom stereocenters. The fraction of sp³-hybridized carbons (Fsp3) is 0.316. The molecule has 0 saturated carbocycles. The number of rotatable bonds is 7. The molecule has 8 nitrogen and oxygen atoms in total. The van der Waals surface area contributed by atoms with Crippen LogP contribution in [0.4, 0.5) is 22.0 Å². The number of carbonyl (C=O) groups excluding carboxylic acids is 1. The Labute approximate surface area is 178 Å². The molecule has 0 aliphatic rings. The molecule has 0 fully saturated rings. The number of hydrogen-bond donors (Lipinski definition) is 0. The number of alkyl halides is 3. The maximum atomic E-state index is 14.5. The van der Waals surface area contributed by atoms with Crippen molar-refractivity contribution in [1.82, 2.24) is 29.9 Å². The lowest BCUT2D eigenvalue weighted by atomic mass is 10.1. The third kappa shape index (κ3) is 4.98. The van der Waals surface area contributed by atoms with Crippen LogP contribution in [0.3, 0.4) is 0 Å². The van der Waals surface area contributed by atoms with Crippen LogP contribution >= 0.6 is 0 Å². The fourth-order valence-electron chi connectivity index (χ4n) is 2.90. The van der Waals surface area contributed by atoms with Gasteiger partial charge in [0.05, 0.1) is 29.6 Å². The van der Waals surface area contributed by atoms with Gasteiger partial charge in [-0.05, 0) is 19.9 Å². The topological polar surface area (TPSA) is 86.0 Å². The molecule has 0 aliphatic carbocycles. The molecule has 170 valence electrons. The lowest BCUT2D eigenvalue weighted by Gasteiger charge is -2.28. The highest BCUT2D eigenvalue weighted by atomic mass is 19.4. The van der Waals surface area contributed by atoms with Gasteiger partial charge in [0, 0.05) is 25.0 Å². The summed E-state index contributed by atoms with van der Waals surface area (Å²) in [4.78, 5) is 22.3. The van der Waals surface area contributed by atoms with Crippen LogP contribution in [0.5, 0.6) is 6.01 Å². The molecule has 0 radical (unpaired) electrons. The fourth-order valence-corrected chi connectivity index (χ4v) is 2.90. The number of nitrogens with zero attached hydrogens (tertiary/aromatic N) is 6. The van der Waals surface area contributed by atoms with Crippen molar-refractivity contribution in [3.63, 3.8) is 0 Å². The number of amides is 1. The molecule has 0 N–H and O–H groups in total. The van der Waals surface area contributed by atoms with Gasteiger partial charge in [-0.1, -0.05) is 0 Å². The summed E-state index contributed by atoms with van der Waals surface area (Å²) >= 11 is 0. The maximum Gasteiger partial charge on any atom is 0.419 e. The van der Waals surface area contributed by atoms with Crippen molar-refractivity contribution in [3.05, 3.63) is 59.7 Å². The first-order chi connectivity index (χ1) is 15.1. The highest BCUT2D eigenvalue weighted by Crippen LogP contribution is 2.28. The molecule has 3 aromatic rings. The quantitative estimate of drug-likeness (QED) is 0.508. The summed E-state index contributed by atoms with van der Waals surface area (Å²) in [6.45, 7) is 3.19. The Morgan fingerprint density at radius 3 is 2.34 bits per heavy atom. The minimum atomic E-state index is -4.58. The first kappa shape index (κ1) is 23.0. The van der Waals surface area contributed by atoms with Gasteiger partial charge in [-0.2, -0.15) is 23.4 Å². The van der Waals surface area contributed by atoms with Crippen LogP contribution in [0.1, 0.15) is 29.8 Å². The van der Waals surface area contributed by atoms with E-state index in [0.717, 1.165) is 10.9 Å². The summed E-state index contributed by atoms with van der Waals surface area (Å²) < 4.78 is 71.4. The summed E-state index contributed by atoms with van der Waals surface area (Å²) in [5, 5.41) is 7.60. The monoisotopic (exact) mass is 456 g/mol. The van der Waals surface area contributed by atoms with Crippen LogP contribution < -0.4 is 4.74 Å². The predicted octanol–water partition coefficient (Wildman–Crippen LogP) is 3.28. The lowest BCUT2D eigenvalue weighted by Crippen LogP contribution is -2.42. The van der Waals surface area contributed by atoms with Crippen molar-refractivity contribution < 1.29 is 31.5 Å². The molecule has 0 unspecified atom stereocenters. The van der Waals surface area contributed by atoms with Crippen molar-refractivity contribution in [1.29, 1.82) is 0 Å². The lowest BCUT2D eigenvalue weighted by molar-refractivity contribution is -0.138. The van der Waals surface area contributed by atoms with Gasteiger partial charge in [0.15, 0.2) is 5.82 Å². The average Bonchev–Trinajstić information content (AvgIpc) is 3.26. The van der Waals surface area contributed by atoms with Gasteiger partial charge in [-0.15, -0.1) is 4.80 Å². The molecule has 2 heterocycles. The maximum absolute atomic E-state index is 14.5. The number of ether oxygens (including phenoxy) is 1. The number of hydrogen-bond acceptors (Lipinski definition) is 6. The zero-order valence-corrected chi connectivity index (χ0v) is 16.8. The van der Waals surface area contributed by atoms with Gasteiger partial charge in [-0.25, -0.2) is 18.7 Å². The number of likely N-dealkylation sites (N-methyl/N-ethyl adjacent to an activating group) is 1. The molecular weight excluding hydrogens is 439 g/mol. The smallest absolute Gasteiger partial charge is 0.419 e. The Morgan fingerprint density at radius 2 is 1.78 bits per heavy atom. The minimum Gasteiger partial charge on any atom is -0.461 e. The number of aromatic nitrogens is 5. The molecule has 0 spiro atoms. The molecule has 32 heavy (non-hydrogen) atoms. The Hall–Kier alpha value is -3.64. The molecule has 1 aromatic carbocycles. The number of halogens is 5. The normalized spacial score (nSPS) is 12.5. The highest BCUT2D eigenvalue weighted by molar-refractivity contribution is 5.98. The van der Waals surface area contributed by atoms with Gasteiger partial charge in [0.25, 0.3) is 5.91 Å². The highest BCUT2D eigenvalue weighted by Gasteiger charge is 2.31. The zero-order valence-electron chi connectivity index (χ0n) is 16.8. The van der Waals surface area contributed by atoms with E-state index in [9.17, 15) is 26.7 Å². The molecule has 0 bridgehead atoms. The molecule has 13 heteroatoms. The molecule has 0 saturated heterocycles. The van der Waals surface area contributed by atoms with E-state index in [0.29, 0.717) is 18.5 Å². The van der Waals surface area contributed by atoms with Gasteiger partial charge in [0.2, 0.25) is 0 Å². The van der Waals surface area contributed by atoms with E-state index in [2.05, 4.69) is 20.2 Å². The zero-order chi connectivity index (χ0) is 23.5. The first-order valence-corrected chi connectivity index (χ1v) is 9.30. The summed E-state index contributed by atoms with van der Waals surface area (Å²) in [6.07, 6.45) is -0.883. The van der Waals surface area contributed by atoms with Crippen LogP contribution in [0.2, 0.25) is 0 Å². The van der Waals surface area contributed by atoms with Gasteiger partial charge in [-0.3, -0.25) is 4.79 Å². The van der Waals surface area contributed by atoms with Crippen molar-refractivity contribution in [2.75, 3.05) is 13.2 Å². The van der Waals surface area contributed by atoms with E-state index in [1.807, 2.05) is 0 Å². The molecule has 1 amide bonds. The van der Waals surface area contributed by atoms with Crippen molar-refractivity contribution in [2.45, 2.75) is 26.1 Å². The average molecular weight is 456 g/mol. The predicted molar refractivity (Wildman–Crippen MR) is 100.0 cm³/mol. The second-order valence-electron chi connectivity index (χ2n) is 6.61.